The molecular weight excluding hydrogens is 242 g/mol. The summed E-state index contributed by atoms with van der Waals surface area (Å²) in [6, 6.07) is 11.0. The van der Waals surface area contributed by atoms with Crippen LogP contribution in [0.4, 0.5) is 0 Å². The Bertz CT molecular complexity index is 564. The average molecular weight is 257 g/mol. The van der Waals surface area contributed by atoms with Gasteiger partial charge in [-0.2, -0.15) is 0 Å². The minimum absolute atomic E-state index is 0.348. The monoisotopic (exact) mass is 257 g/mol. The van der Waals surface area contributed by atoms with E-state index >= 15 is 0 Å². The van der Waals surface area contributed by atoms with E-state index in [1.54, 1.807) is 19.1 Å². The average Bonchev–Trinajstić information content (AvgIpc) is 2.42. The number of pyridine rings is 1. The van der Waals surface area contributed by atoms with Gasteiger partial charge in [0.25, 0.3) is 0 Å². The van der Waals surface area contributed by atoms with Crippen molar-refractivity contribution in [3.63, 3.8) is 0 Å². The number of nitrogens with zero attached hydrogens (tertiary/aromatic N) is 1. The Balaban J connectivity index is 2.11. The number of hydrogen-bond acceptors (Lipinski definition) is 4. The van der Waals surface area contributed by atoms with Crippen molar-refractivity contribution in [1.82, 2.24) is 4.98 Å². The summed E-state index contributed by atoms with van der Waals surface area (Å²) in [5.41, 5.74) is 1.44. The molecule has 2 aromatic rings. The van der Waals surface area contributed by atoms with Crippen molar-refractivity contribution in [3.8, 4) is 11.6 Å². The molecule has 0 fully saturated rings. The molecule has 0 aliphatic carbocycles. The fourth-order valence-corrected chi connectivity index (χ4v) is 1.56. The highest BCUT2D eigenvalue weighted by Gasteiger charge is 2.07. The molecule has 0 saturated heterocycles. The lowest BCUT2D eigenvalue weighted by atomic mass is 10.2. The molecule has 19 heavy (non-hydrogen) atoms. The number of benzene rings is 1. The predicted octanol–water partition coefficient (Wildman–Crippen LogP) is 3.36. The molecule has 0 N–H and O–H groups in total. The summed E-state index contributed by atoms with van der Waals surface area (Å²) in [6.45, 7) is 4.07. The van der Waals surface area contributed by atoms with Gasteiger partial charge in [0.2, 0.25) is 5.88 Å². The summed E-state index contributed by atoms with van der Waals surface area (Å²) in [6.07, 6.45) is 1.45. The van der Waals surface area contributed by atoms with Crippen molar-refractivity contribution in [2.45, 2.75) is 13.8 Å². The minimum atomic E-state index is -0.377. The molecule has 0 radical (unpaired) electrons. The zero-order valence-corrected chi connectivity index (χ0v) is 10.9. The quantitative estimate of drug-likeness (QED) is 0.788. The van der Waals surface area contributed by atoms with Gasteiger partial charge in [-0.3, -0.25) is 0 Å². The lowest BCUT2D eigenvalue weighted by Gasteiger charge is -2.07. The third-order valence-electron chi connectivity index (χ3n) is 2.56. The molecule has 1 aromatic carbocycles. The van der Waals surface area contributed by atoms with Crippen LogP contribution in [0.1, 0.15) is 22.8 Å². The number of carbonyl (C=O) groups is 1. The van der Waals surface area contributed by atoms with E-state index in [9.17, 15) is 4.79 Å². The first kappa shape index (κ1) is 13.1. The van der Waals surface area contributed by atoms with Crippen LogP contribution in [0.5, 0.6) is 11.6 Å². The van der Waals surface area contributed by atoms with Gasteiger partial charge in [0, 0.05) is 12.3 Å². The van der Waals surface area contributed by atoms with E-state index in [0.29, 0.717) is 18.1 Å². The van der Waals surface area contributed by atoms with Crippen LogP contribution in [-0.4, -0.2) is 17.6 Å². The number of aryl methyl sites for hydroxylation is 1. The molecule has 0 aliphatic rings. The Morgan fingerprint density at radius 3 is 2.63 bits per heavy atom. The summed E-state index contributed by atoms with van der Waals surface area (Å²) in [5, 5.41) is 0. The van der Waals surface area contributed by atoms with Crippen LogP contribution >= 0.6 is 0 Å². The van der Waals surface area contributed by atoms with Crippen molar-refractivity contribution in [2.24, 2.45) is 0 Å². The zero-order valence-electron chi connectivity index (χ0n) is 10.9. The van der Waals surface area contributed by atoms with Gasteiger partial charge in [-0.15, -0.1) is 0 Å². The van der Waals surface area contributed by atoms with Crippen LogP contribution in [-0.2, 0) is 4.74 Å². The van der Waals surface area contributed by atoms with Crippen molar-refractivity contribution < 1.29 is 14.3 Å². The van der Waals surface area contributed by atoms with Gasteiger partial charge < -0.3 is 9.47 Å². The van der Waals surface area contributed by atoms with Crippen molar-refractivity contribution in [2.75, 3.05) is 6.61 Å². The Labute approximate surface area is 112 Å². The Morgan fingerprint density at radius 2 is 2.00 bits per heavy atom. The summed E-state index contributed by atoms with van der Waals surface area (Å²) in [7, 11) is 0. The van der Waals surface area contributed by atoms with Crippen LogP contribution in [0, 0.1) is 6.92 Å². The zero-order chi connectivity index (χ0) is 13.7. The fraction of sp³-hybridized carbons (Fsp3) is 0.200. The van der Waals surface area contributed by atoms with Gasteiger partial charge in [0.15, 0.2) is 0 Å². The molecule has 4 heteroatoms. The normalized spacial score (nSPS) is 10.0. The molecule has 98 valence electrons. The molecule has 0 amide bonds. The molecule has 0 spiro atoms. The van der Waals surface area contributed by atoms with Gasteiger partial charge in [-0.05, 0) is 31.5 Å². The van der Waals surface area contributed by atoms with Crippen LogP contribution in [0.15, 0.2) is 42.6 Å². The molecule has 1 heterocycles. The highest BCUT2D eigenvalue weighted by Crippen LogP contribution is 2.22. The molecule has 2 rings (SSSR count). The van der Waals surface area contributed by atoms with Gasteiger partial charge >= 0.3 is 5.97 Å². The number of carbonyl (C=O) groups excluding carboxylic acids is 1. The van der Waals surface area contributed by atoms with E-state index in [2.05, 4.69) is 4.98 Å². The first-order valence-electron chi connectivity index (χ1n) is 6.07. The molecule has 0 bridgehead atoms. The van der Waals surface area contributed by atoms with Crippen LogP contribution < -0.4 is 4.74 Å². The van der Waals surface area contributed by atoms with Gasteiger partial charge in [0.05, 0.1) is 12.2 Å². The first-order chi connectivity index (χ1) is 9.20. The van der Waals surface area contributed by atoms with Crippen molar-refractivity contribution in [1.29, 1.82) is 0 Å². The molecule has 0 atom stereocenters. The Hall–Kier alpha value is -2.36. The number of para-hydroxylation sites is 1. The standard InChI is InChI=1S/C15H15NO3/c1-3-18-15(17)12-8-9-14(16-10-12)19-13-7-5-4-6-11(13)2/h4-10H,3H2,1-2H3. The van der Waals surface area contributed by atoms with E-state index in [4.69, 9.17) is 9.47 Å². The number of rotatable bonds is 4. The van der Waals surface area contributed by atoms with Crippen molar-refractivity contribution in [3.05, 3.63) is 53.7 Å². The Morgan fingerprint density at radius 1 is 1.21 bits per heavy atom. The summed E-state index contributed by atoms with van der Waals surface area (Å²) < 4.78 is 10.5. The minimum Gasteiger partial charge on any atom is -0.462 e. The van der Waals surface area contributed by atoms with Gasteiger partial charge in [0.1, 0.15) is 5.75 Å². The van der Waals surface area contributed by atoms with Gasteiger partial charge in [-0.1, -0.05) is 18.2 Å². The number of aromatic nitrogens is 1. The van der Waals surface area contributed by atoms with E-state index < -0.39 is 0 Å². The second-order valence-corrected chi connectivity index (χ2v) is 3.97. The highest BCUT2D eigenvalue weighted by atomic mass is 16.5. The summed E-state index contributed by atoms with van der Waals surface area (Å²) in [4.78, 5) is 15.6. The largest absolute Gasteiger partial charge is 0.462 e. The van der Waals surface area contributed by atoms with Crippen LogP contribution in [0.3, 0.4) is 0 Å². The van der Waals surface area contributed by atoms with Crippen LogP contribution in [0.2, 0.25) is 0 Å². The van der Waals surface area contributed by atoms with E-state index in [1.165, 1.54) is 6.20 Å². The number of esters is 1. The summed E-state index contributed by atoms with van der Waals surface area (Å²) in [5.74, 6) is 0.818. The smallest absolute Gasteiger partial charge is 0.339 e. The second-order valence-electron chi connectivity index (χ2n) is 3.97. The molecule has 0 saturated carbocycles. The van der Waals surface area contributed by atoms with Crippen LogP contribution in [0.25, 0.3) is 0 Å². The van der Waals surface area contributed by atoms with E-state index in [1.807, 2.05) is 31.2 Å². The molecule has 1 aromatic heterocycles. The maximum absolute atomic E-state index is 11.5. The van der Waals surface area contributed by atoms with E-state index in [0.717, 1.165) is 11.3 Å². The maximum Gasteiger partial charge on any atom is 0.339 e. The Kier molecular flexibility index (Phi) is 4.13. The third-order valence-corrected chi connectivity index (χ3v) is 2.56. The topological polar surface area (TPSA) is 48.4 Å². The lowest BCUT2D eigenvalue weighted by Crippen LogP contribution is -2.05. The summed E-state index contributed by atoms with van der Waals surface area (Å²) >= 11 is 0. The van der Waals surface area contributed by atoms with Crippen molar-refractivity contribution >= 4 is 5.97 Å². The second kappa shape index (κ2) is 6.00. The first-order valence-corrected chi connectivity index (χ1v) is 6.07. The number of ether oxygens (including phenoxy) is 2. The SMILES string of the molecule is CCOC(=O)c1ccc(Oc2ccccc2C)nc1. The highest BCUT2D eigenvalue weighted by molar-refractivity contribution is 5.89. The maximum atomic E-state index is 11.5. The molecular formula is C15H15NO3. The van der Waals surface area contributed by atoms with E-state index in [-0.39, 0.29) is 5.97 Å². The lowest BCUT2D eigenvalue weighted by molar-refractivity contribution is 0.0526. The molecule has 0 unspecified atom stereocenters. The van der Waals surface area contributed by atoms with Gasteiger partial charge in [-0.25, -0.2) is 9.78 Å². The fourth-order valence-electron chi connectivity index (χ4n) is 1.56. The molecule has 4 nitrogen and oxygen atoms in total. The third kappa shape index (κ3) is 3.31. The molecule has 0 aliphatic heterocycles. The number of hydrogen-bond donors (Lipinski definition) is 0. The predicted molar refractivity (Wildman–Crippen MR) is 71.4 cm³/mol.